The van der Waals surface area contributed by atoms with Gasteiger partial charge >= 0.3 is 0 Å². The summed E-state index contributed by atoms with van der Waals surface area (Å²) in [5.74, 6) is 0.236. The summed E-state index contributed by atoms with van der Waals surface area (Å²) >= 11 is 17.6. The summed E-state index contributed by atoms with van der Waals surface area (Å²) in [6, 6.07) is 4.38. The van der Waals surface area contributed by atoms with Crippen LogP contribution in [0.3, 0.4) is 0 Å². The summed E-state index contributed by atoms with van der Waals surface area (Å²) in [6.45, 7) is 2.28. The van der Waals surface area contributed by atoms with Crippen LogP contribution in [0.4, 0.5) is 0 Å². The highest BCUT2D eigenvalue weighted by molar-refractivity contribution is 7.89. The second-order valence-corrected chi connectivity index (χ2v) is 7.68. The highest BCUT2D eigenvalue weighted by Gasteiger charge is 2.34. The molecule has 0 N–H and O–H groups in total. The maximum absolute atomic E-state index is 12.7. The lowest BCUT2D eigenvalue weighted by atomic mass is 10.3. The van der Waals surface area contributed by atoms with Gasteiger partial charge in [-0.15, -0.1) is 11.6 Å². The molecule has 0 bridgehead atoms. The fraction of sp³-hybridized carbons (Fsp3) is 0.500. The summed E-state index contributed by atoms with van der Waals surface area (Å²) < 4.78 is 32.2. The van der Waals surface area contributed by atoms with Crippen molar-refractivity contribution < 1.29 is 13.2 Å². The van der Waals surface area contributed by atoms with Gasteiger partial charge in [-0.1, -0.05) is 23.2 Å². The normalized spacial score (nSPS) is 24.8. The number of halogens is 3. The molecule has 0 amide bonds. The van der Waals surface area contributed by atoms with Gasteiger partial charge in [-0.2, -0.15) is 4.31 Å². The Labute approximate surface area is 133 Å². The molecule has 2 atom stereocenters. The molecular formula is C12H14Cl3NO3S. The van der Waals surface area contributed by atoms with Gasteiger partial charge in [0.15, 0.2) is 0 Å². The van der Waals surface area contributed by atoms with Crippen LogP contribution in [0.2, 0.25) is 10.0 Å². The first kappa shape index (κ1) is 16.3. The third kappa shape index (κ3) is 3.40. The van der Waals surface area contributed by atoms with Gasteiger partial charge in [0.2, 0.25) is 10.0 Å². The van der Waals surface area contributed by atoms with Crippen LogP contribution in [-0.4, -0.2) is 43.9 Å². The number of benzene rings is 1. The molecule has 1 aliphatic heterocycles. The first-order valence-electron chi connectivity index (χ1n) is 6.01. The Morgan fingerprint density at radius 1 is 1.35 bits per heavy atom. The third-order valence-corrected chi connectivity index (χ3v) is 5.87. The zero-order chi connectivity index (χ0) is 14.9. The second-order valence-electron chi connectivity index (χ2n) is 4.62. The number of sulfonamides is 1. The molecule has 2 unspecified atom stereocenters. The topological polar surface area (TPSA) is 46.6 Å². The Morgan fingerprint density at radius 2 is 2.05 bits per heavy atom. The SMILES string of the molecule is CC1CN(S(=O)(=O)c2cc(Cl)ccc2Cl)CC(CCl)O1. The molecule has 20 heavy (non-hydrogen) atoms. The van der Waals surface area contributed by atoms with E-state index in [1.807, 2.05) is 0 Å². The van der Waals surface area contributed by atoms with E-state index >= 15 is 0 Å². The molecule has 1 aromatic carbocycles. The molecule has 4 nitrogen and oxygen atoms in total. The Kier molecular flexibility index (Phi) is 5.21. The first-order valence-corrected chi connectivity index (χ1v) is 8.74. The van der Waals surface area contributed by atoms with Crippen LogP contribution in [0.15, 0.2) is 23.1 Å². The van der Waals surface area contributed by atoms with Crippen molar-refractivity contribution in [2.75, 3.05) is 19.0 Å². The first-order chi connectivity index (χ1) is 9.34. The average Bonchev–Trinajstić information content (AvgIpc) is 2.40. The van der Waals surface area contributed by atoms with Crippen molar-refractivity contribution >= 4 is 44.8 Å². The lowest BCUT2D eigenvalue weighted by Crippen LogP contribution is -2.49. The van der Waals surface area contributed by atoms with Crippen molar-refractivity contribution in [3.63, 3.8) is 0 Å². The van der Waals surface area contributed by atoms with E-state index < -0.39 is 10.0 Å². The molecule has 1 aromatic rings. The van der Waals surface area contributed by atoms with Gasteiger partial charge in [-0.3, -0.25) is 0 Å². The molecule has 2 rings (SSSR count). The average molecular weight is 359 g/mol. The van der Waals surface area contributed by atoms with Crippen LogP contribution in [-0.2, 0) is 14.8 Å². The van der Waals surface area contributed by atoms with Gasteiger partial charge < -0.3 is 4.74 Å². The lowest BCUT2D eigenvalue weighted by Gasteiger charge is -2.35. The maximum atomic E-state index is 12.7. The van der Waals surface area contributed by atoms with Gasteiger partial charge in [0.05, 0.1) is 17.2 Å². The minimum atomic E-state index is -3.71. The van der Waals surface area contributed by atoms with E-state index in [-0.39, 0.29) is 41.1 Å². The molecule has 112 valence electrons. The molecule has 1 saturated heterocycles. The summed E-state index contributed by atoms with van der Waals surface area (Å²) in [4.78, 5) is 0.00842. The Bertz CT molecular complexity index is 594. The fourth-order valence-corrected chi connectivity index (χ4v) is 4.55. The Hall–Kier alpha value is -0.0400. The van der Waals surface area contributed by atoms with Crippen LogP contribution in [0.25, 0.3) is 0 Å². The lowest BCUT2D eigenvalue weighted by molar-refractivity contribution is -0.0423. The van der Waals surface area contributed by atoms with E-state index in [2.05, 4.69) is 0 Å². The van der Waals surface area contributed by atoms with Crippen LogP contribution in [0.5, 0.6) is 0 Å². The Balaban J connectivity index is 2.36. The molecule has 0 radical (unpaired) electrons. The largest absolute Gasteiger partial charge is 0.371 e. The molecule has 1 aliphatic rings. The van der Waals surface area contributed by atoms with Crippen molar-refractivity contribution in [3.8, 4) is 0 Å². The molecular weight excluding hydrogens is 345 g/mol. The van der Waals surface area contributed by atoms with Crippen LogP contribution >= 0.6 is 34.8 Å². The molecule has 0 aromatic heterocycles. The Morgan fingerprint density at radius 3 is 2.70 bits per heavy atom. The summed E-state index contributed by atoms with van der Waals surface area (Å²) in [6.07, 6.45) is -0.548. The fourth-order valence-electron chi connectivity index (χ4n) is 2.10. The zero-order valence-electron chi connectivity index (χ0n) is 10.7. The second kappa shape index (κ2) is 6.38. The number of rotatable bonds is 3. The van der Waals surface area contributed by atoms with Crippen LogP contribution in [0, 0.1) is 0 Å². The van der Waals surface area contributed by atoms with Gasteiger partial charge in [-0.25, -0.2) is 8.42 Å². The van der Waals surface area contributed by atoms with E-state index in [1.165, 1.54) is 16.4 Å². The van der Waals surface area contributed by atoms with E-state index in [4.69, 9.17) is 39.5 Å². The number of morpholine rings is 1. The van der Waals surface area contributed by atoms with E-state index in [0.29, 0.717) is 5.02 Å². The monoisotopic (exact) mass is 357 g/mol. The van der Waals surface area contributed by atoms with Crippen LogP contribution < -0.4 is 0 Å². The predicted molar refractivity (Wildman–Crippen MR) is 80.3 cm³/mol. The number of ether oxygens (including phenoxy) is 1. The van der Waals surface area contributed by atoms with E-state index in [9.17, 15) is 8.42 Å². The molecule has 8 heteroatoms. The molecule has 0 spiro atoms. The van der Waals surface area contributed by atoms with E-state index in [1.54, 1.807) is 13.0 Å². The zero-order valence-corrected chi connectivity index (χ0v) is 13.8. The minimum Gasteiger partial charge on any atom is -0.371 e. The highest BCUT2D eigenvalue weighted by atomic mass is 35.5. The smallest absolute Gasteiger partial charge is 0.244 e. The van der Waals surface area contributed by atoms with Gasteiger partial charge in [0, 0.05) is 24.0 Å². The molecule has 0 saturated carbocycles. The van der Waals surface area contributed by atoms with Crippen molar-refractivity contribution in [3.05, 3.63) is 28.2 Å². The van der Waals surface area contributed by atoms with Crippen molar-refractivity contribution in [2.45, 2.75) is 24.0 Å². The van der Waals surface area contributed by atoms with Crippen molar-refractivity contribution in [1.82, 2.24) is 4.31 Å². The van der Waals surface area contributed by atoms with Crippen molar-refractivity contribution in [1.29, 1.82) is 0 Å². The summed E-state index contributed by atoms with van der Waals surface area (Å²) in [5.41, 5.74) is 0. The molecule has 0 aliphatic carbocycles. The van der Waals surface area contributed by atoms with E-state index in [0.717, 1.165) is 0 Å². The van der Waals surface area contributed by atoms with Gasteiger partial charge in [0.25, 0.3) is 0 Å². The van der Waals surface area contributed by atoms with Crippen molar-refractivity contribution in [2.24, 2.45) is 0 Å². The summed E-state index contributed by atoms with van der Waals surface area (Å²) in [5, 5.41) is 0.471. The number of hydrogen-bond acceptors (Lipinski definition) is 3. The molecule has 1 heterocycles. The number of nitrogens with zero attached hydrogens (tertiary/aromatic N) is 1. The third-order valence-electron chi connectivity index (χ3n) is 2.98. The quantitative estimate of drug-likeness (QED) is 0.780. The number of alkyl halides is 1. The minimum absolute atomic E-state index is 0.00842. The standard InChI is InChI=1S/C12H14Cl3NO3S/c1-8-6-16(7-10(5-13)19-8)20(17,18)12-4-9(14)2-3-11(12)15/h2-4,8,10H,5-7H2,1H3. The van der Waals surface area contributed by atoms with Gasteiger partial charge in [-0.05, 0) is 25.1 Å². The maximum Gasteiger partial charge on any atom is 0.244 e. The summed E-state index contributed by atoms with van der Waals surface area (Å²) in [7, 11) is -3.71. The van der Waals surface area contributed by atoms with Gasteiger partial charge in [0.1, 0.15) is 4.90 Å². The predicted octanol–water partition coefficient (Wildman–Crippen LogP) is 3.01. The molecule has 1 fully saturated rings. The highest BCUT2D eigenvalue weighted by Crippen LogP contribution is 2.29. The number of hydrogen-bond donors (Lipinski definition) is 0. The van der Waals surface area contributed by atoms with Crippen LogP contribution in [0.1, 0.15) is 6.92 Å².